The van der Waals surface area contributed by atoms with Crippen molar-refractivity contribution in [3.05, 3.63) is 22.7 Å². The van der Waals surface area contributed by atoms with Gasteiger partial charge in [0.05, 0.1) is 30.3 Å². The number of fused-ring (bicyclic) bond motifs is 1. The fourth-order valence-corrected chi connectivity index (χ4v) is 2.84. The molecule has 2 heterocycles. The van der Waals surface area contributed by atoms with Gasteiger partial charge in [-0.3, -0.25) is 0 Å². The molecule has 2 aromatic rings. The number of benzene rings is 1. The van der Waals surface area contributed by atoms with Crippen molar-refractivity contribution in [2.75, 3.05) is 32.5 Å². The molecule has 1 aliphatic heterocycles. The molecule has 1 unspecified atom stereocenters. The molecule has 1 saturated heterocycles. The number of aromatic nitrogens is 2. The van der Waals surface area contributed by atoms with Crippen LogP contribution in [0.2, 0.25) is 0 Å². The molecule has 2 N–H and O–H groups in total. The van der Waals surface area contributed by atoms with E-state index in [0.717, 1.165) is 41.7 Å². The first-order chi connectivity index (χ1) is 9.13. The van der Waals surface area contributed by atoms with Gasteiger partial charge in [-0.2, -0.15) is 0 Å². The van der Waals surface area contributed by atoms with Gasteiger partial charge >= 0.3 is 0 Å². The minimum absolute atomic E-state index is 0.169. The zero-order valence-corrected chi connectivity index (χ0v) is 12.4. The maximum Gasteiger partial charge on any atom is 0.201 e. The maximum absolute atomic E-state index is 6.02. The Morgan fingerprint density at radius 2 is 2.37 bits per heavy atom. The third-order valence-corrected chi connectivity index (χ3v) is 3.96. The lowest BCUT2D eigenvalue weighted by atomic mass is 10.2. The highest BCUT2D eigenvalue weighted by atomic mass is 79.9. The number of ether oxygens (including phenoxy) is 1. The fraction of sp³-hybridized carbons (Fsp3) is 0.462. The number of nitrogens with two attached hydrogens (primary N) is 1. The van der Waals surface area contributed by atoms with E-state index in [2.05, 4.69) is 32.9 Å². The molecule has 0 amide bonds. The van der Waals surface area contributed by atoms with Gasteiger partial charge in [-0.05, 0) is 25.2 Å². The lowest BCUT2D eigenvalue weighted by Gasteiger charge is -2.30. The topological polar surface area (TPSA) is 56.3 Å². The summed E-state index contributed by atoms with van der Waals surface area (Å²) in [7, 11) is 2.11. The maximum atomic E-state index is 6.02. The normalized spacial score (nSPS) is 21.1. The number of hydrogen-bond acceptors (Lipinski definition) is 4. The van der Waals surface area contributed by atoms with Crippen LogP contribution in [0.5, 0.6) is 0 Å². The van der Waals surface area contributed by atoms with Crippen LogP contribution in [-0.4, -0.2) is 47.3 Å². The lowest BCUT2D eigenvalue weighted by molar-refractivity contribution is -0.0267. The Kier molecular flexibility index (Phi) is 3.47. The molecule has 1 atom stereocenters. The molecule has 0 bridgehead atoms. The minimum Gasteiger partial charge on any atom is -0.374 e. The van der Waals surface area contributed by atoms with Gasteiger partial charge in [0.1, 0.15) is 0 Å². The van der Waals surface area contributed by atoms with Gasteiger partial charge in [0, 0.05) is 17.6 Å². The van der Waals surface area contributed by atoms with E-state index in [1.165, 1.54) is 0 Å². The Morgan fingerprint density at radius 1 is 1.53 bits per heavy atom. The van der Waals surface area contributed by atoms with Crippen molar-refractivity contribution in [2.45, 2.75) is 12.6 Å². The number of morpholine rings is 1. The van der Waals surface area contributed by atoms with Crippen molar-refractivity contribution < 1.29 is 4.74 Å². The van der Waals surface area contributed by atoms with Crippen LogP contribution in [0.1, 0.15) is 0 Å². The quantitative estimate of drug-likeness (QED) is 0.913. The molecule has 0 spiro atoms. The summed E-state index contributed by atoms with van der Waals surface area (Å²) < 4.78 is 8.84. The summed E-state index contributed by atoms with van der Waals surface area (Å²) in [6.07, 6.45) is 0.169. The van der Waals surface area contributed by atoms with Crippen LogP contribution in [0.3, 0.4) is 0 Å². The average molecular weight is 325 g/mol. The first-order valence-electron chi connectivity index (χ1n) is 6.35. The molecule has 1 aromatic heterocycles. The number of hydrogen-bond donors (Lipinski definition) is 1. The number of halogens is 1. The highest BCUT2D eigenvalue weighted by molar-refractivity contribution is 9.10. The Balaban J connectivity index is 1.89. The second kappa shape index (κ2) is 5.11. The Bertz CT molecular complexity index is 598. The summed E-state index contributed by atoms with van der Waals surface area (Å²) in [6.45, 7) is 3.44. The zero-order chi connectivity index (χ0) is 13.4. The highest BCUT2D eigenvalue weighted by Gasteiger charge is 2.20. The highest BCUT2D eigenvalue weighted by Crippen LogP contribution is 2.23. The van der Waals surface area contributed by atoms with Gasteiger partial charge < -0.3 is 19.9 Å². The van der Waals surface area contributed by atoms with E-state index < -0.39 is 0 Å². The molecule has 0 saturated carbocycles. The second-order valence-corrected chi connectivity index (χ2v) is 5.88. The molecular formula is C13H17BrN4O. The summed E-state index contributed by atoms with van der Waals surface area (Å²) in [5.74, 6) is 0.546. The molecular weight excluding hydrogens is 308 g/mol. The number of anilines is 1. The molecule has 3 rings (SSSR count). The molecule has 5 nitrogen and oxygen atoms in total. The van der Waals surface area contributed by atoms with E-state index in [1.807, 2.05) is 22.8 Å². The lowest BCUT2D eigenvalue weighted by Crippen LogP contribution is -2.42. The monoisotopic (exact) mass is 324 g/mol. The summed E-state index contributed by atoms with van der Waals surface area (Å²) in [5, 5.41) is 0. The summed E-state index contributed by atoms with van der Waals surface area (Å²) >= 11 is 3.45. The number of nitrogen functional groups attached to an aromatic ring is 1. The summed E-state index contributed by atoms with van der Waals surface area (Å²) in [4.78, 5) is 6.68. The number of nitrogens with zero attached hydrogens (tertiary/aromatic N) is 3. The predicted octanol–water partition coefficient (Wildman–Crippen LogP) is 1.71. The molecule has 19 heavy (non-hydrogen) atoms. The predicted molar refractivity (Wildman–Crippen MR) is 79.1 cm³/mol. The van der Waals surface area contributed by atoms with E-state index in [0.29, 0.717) is 5.95 Å². The molecule has 6 heteroatoms. The third-order valence-electron chi connectivity index (χ3n) is 3.47. The van der Waals surface area contributed by atoms with E-state index in [-0.39, 0.29) is 6.10 Å². The molecule has 0 aliphatic carbocycles. The summed E-state index contributed by atoms with van der Waals surface area (Å²) in [6, 6.07) is 6.03. The Labute approximate surface area is 120 Å². The van der Waals surface area contributed by atoms with Gasteiger partial charge in [-0.1, -0.05) is 15.9 Å². The number of imidazole rings is 1. The van der Waals surface area contributed by atoms with Gasteiger partial charge in [0.25, 0.3) is 0 Å². The van der Waals surface area contributed by atoms with Gasteiger partial charge in [-0.25, -0.2) is 4.98 Å². The standard InChI is InChI=1S/C13H17BrN4O/c1-17-4-5-19-10(7-17)8-18-12-3-2-9(14)6-11(12)16-13(18)15/h2-3,6,10H,4-5,7-8H2,1H3,(H2,15,16). The van der Waals surface area contributed by atoms with Crippen LogP contribution in [0.4, 0.5) is 5.95 Å². The third kappa shape index (κ3) is 2.61. The minimum atomic E-state index is 0.169. The molecule has 0 radical (unpaired) electrons. The van der Waals surface area contributed by atoms with Crippen molar-refractivity contribution in [3.63, 3.8) is 0 Å². The first-order valence-corrected chi connectivity index (χ1v) is 7.14. The van der Waals surface area contributed by atoms with Crippen molar-refractivity contribution in [3.8, 4) is 0 Å². The smallest absolute Gasteiger partial charge is 0.201 e. The van der Waals surface area contributed by atoms with Crippen LogP contribution in [0.15, 0.2) is 22.7 Å². The molecule has 1 aromatic carbocycles. The fourth-order valence-electron chi connectivity index (χ4n) is 2.49. The van der Waals surface area contributed by atoms with Gasteiger partial charge in [-0.15, -0.1) is 0 Å². The second-order valence-electron chi connectivity index (χ2n) is 4.97. The van der Waals surface area contributed by atoms with E-state index in [9.17, 15) is 0 Å². The van der Waals surface area contributed by atoms with Crippen molar-refractivity contribution >= 4 is 32.9 Å². The van der Waals surface area contributed by atoms with Crippen molar-refractivity contribution in [1.82, 2.24) is 14.5 Å². The van der Waals surface area contributed by atoms with Crippen molar-refractivity contribution in [2.24, 2.45) is 0 Å². The number of likely N-dealkylation sites (N-methyl/N-ethyl adjacent to an activating group) is 1. The van der Waals surface area contributed by atoms with Crippen LogP contribution in [0, 0.1) is 0 Å². The molecule has 1 aliphatic rings. The van der Waals surface area contributed by atoms with Crippen LogP contribution in [0.25, 0.3) is 11.0 Å². The van der Waals surface area contributed by atoms with Crippen LogP contribution < -0.4 is 5.73 Å². The number of rotatable bonds is 2. The Morgan fingerprint density at radius 3 is 3.16 bits per heavy atom. The molecule has 102 valence electrons. The summed E-state index contributed by atoms with van der Waals surface area (Å²) in [5.41, 5.74) is 7.99. The Hall–Kier alpha value is -1.11. The van der Waals surface area contributed by atoms with E-state index in [1.54, 1.807) is 0 Å². The van der Waals surface area contributed by atoms with E-state index in [4.69, 9.17) is 10.5 Å². The van der Waals surface area contributed by atoms with E-state index >= 15 is 0 Å². The SMILES string of the molecule is CN1CCOC(Cn2c(N)nc3cc(Br)ccc32)C1. The van der Waals surface area contributed by atoms with Gasteiger partial charge in [0.15, 0.2) is 0 Å². The molecule has 1 fully saturated rings. The zero-order valence-electron chi connectivity index (χ0n) is 10.8. The largest absolute Gasteiger partial charge is 0.374 e. The first kappa shape index (κ1) is 12.9. The van der Waals surface area contributed by atoms with Crippen LogP contribution >= 0.6 is 15.9 Å². The van der Waals surface area contributed by atoms with Gasteiger partial charge in [0.2, 0.25) is 5.95 Å². The van der Waals surface area contributed by atoms with Crippen molar-refractivity contribution in [1.29, 1.82) is 0 Å². The van der Waals surface area contributed by atoms with Crippen LogP contribution in [-0.2, 0) is 11.3 Å². The average Bonchev–Trinajstić information content (AvgIpc) is 2.65.